The maximum absolute atomic E-state index is 4.79. The van der Waals surface area contributed by atoms with E-state index in [9.17, 15) is 0 Å². The van der Waals surface area contributed by atoms with Gasteiger partial charge in [0.25, 0.3) is 0 Å². The van der Waals surface area contributed by atoms with Gasteiger partial charge in [-0.25, -0.2) is 9.97 Å². The molecule has 1 saturated heterocycles. The Morgan fingerprint density at radius 3 is 2.57 bits per heavy atom. The molecule has 140 valence electrons. The van der Waals surface area contributed by atoms with Gasteiger partial charge in [0.1, 0.15) is 11.6 Å². The van der Waals surface area contributed by atoms with Gasteiger partial charge in [0.15, 0.2) is 11.0 Å². The molecule has 2 aromatic heterocycles. The van der Waals surface area contributed by atoms with E-state index in [4.69, 9.17) is 9.97 Å². The number of H-pyrrole nitrogens is 1. The molecule has 2 N–H and O–H groups in total. The summed E-state index contributed by atoms with van der Waals surface area (Å²) in [5.74, 6) is 2.47. The van der Waals surface area contributed by atoms with Crippen molar-refractivity contribution in [3.63, 3.8) is 0 Å². The Balaban J connectivity index is 1.47. The molecule has 1 aliphatic heterocycles. The van der Waals surface area contributed by atoms with Crippen LogP contribution in [-0.4, -0.2) is 33.3 Å². The largest absolute Gasteiger partial charge is 0.356 e. The molecule has 5 rings (SSSR count). The van der Waals surface area contributed by atoms with Crippen LogP contribution in [0.3, 0.4) is 0 Å². The van der Waals surface area contributed by atoms with E-state index in [1.54, 1.807) is 11.8 Å². The minimum absolute atomic E-state index is 0.731. The normalized spacial score (nSPS) is 13.5. The van der Waals surface area contributed by atoms with Gasteiger partial charge in [-0.05, 0) is 48.0 Å². The van der Waals surface area contributed by atoms with Gasteiger partial charge < -0.3 is 10.2 Å². The van der Waals surface area contributed by atoms with Gasteiger partial charge in [-0.15, -0.1) is 0 Å². The van der Waals surface area contributed by atoms with Crippen molar-refractivity contribution in [1.82, 2.24) is 20.2 Å². The lowest BCUT2D eigenvalue weighted by Crippen LogP contribution is -2.37. The Morgan fingerprint density at radius 1 is 0.964 bits per heavy atom. The number of fused-ring (bicyclic) bond motifs is 1. The van der Waals surface area contributed by atoms with Crippen LogP contribution in [0.15, 0.2) is 64.6 Å². The van der Waals surface area contributed by atoms with Crippen LogP contribution in [0.25, 0.3) is 10.8 Å². The SMILES string of the molecule is Cc1cc(Nc2cc(N3CCC3)nc(Sc3ccc4ccccc4c3)n2)n[nH]1. The number of benzene rings is 2. The molecule has 2 aromatic carbocycles. The minimum atomic E-state index is 0.731. The van der Waals surface area contributed by atoms with Crippen molar-refractivity contribution in [2.45, 2.75) is 23.4 Å². The quantitative estimate of drug-likeness (QED) is 0.480. The van der Waals surface area contributed by atoms with E-state index < -0.39 is 0 Å². The molecule has 1 fully saturated rings. The summed E-state index contributed by atoms with van der Waals surface area (Å²) in [4.78, 5) is 12.9. The third-order valence-corrected chi connectivity index (χ3v) is 5.62. The Morgan fingerprint density at radius 2 is 1.82 bits per heavy atom. The van der Waals surface area contributed by atoms with Gasteiger partial charge in [0.2, 0.25) is 0 Å². The van der Waals surface area contributed by atoms with Crippen LogP contribution in [0.5, 0.6) is 0 Å². The van der Waals surface area contributed by atoms with Crippen molar-refractivity contribution in [3.8, 4) is 0 Å². The summed E-state index contributed by atoms with van der Waals surface area (Å²) in [6.45, 7) is 4.06. The van der Waals surface area contributed by atoms with Crippen LogP contribution in [0.1, 0.15) is 12.1 Å². The van der Waals surface area contributed by atoms with Crippen molar-refractivity contribution in [3.05, 3.63) is 60.3 Å². The first kappa shape index (κ1) is 17.1. The maximum Gasteiger partial charge on any atom is 0.196 e. The van der Waals surface area contributed by atoms with Crippen LogP contribution in [0.2, 0.25) is 0 Å². The topological polar surface area (TPSA) is 69.7 Å². The summed E-state index contributed by atoms with van der Waals surface area (Å²) < 4.78 is 0. The van der Waals surface area contributed by atoms with E-state index in [0.29, 0.717) is 0 Å². The van der Waals surface area contributed by atoms with E-state index in [1.807, 2.05) is 19.1 Å². The van der Waals surface area contributed by atoms with Gasteiger partial charge in [0, 0.05) is 35.8 Å². The maximum atomic E-state index is 4.79. The second kappa shape index (κ2) is 7.16. The van der Waals surface area contributed by atoms with Crippen molar-refractivity contribution >= 4 is 40.0 Å². The molecule has 0 atom stereocenters. The lowest BCUT2D eigenvalue weighted by Gasteiger charge is -2.32. The highest BCUT2D eigenvalue weighted by Gasteiger charge is 2.18. The van der Waals surface area contributed by atoms with Crippen molar-refractivity contribution < 1.29 is 0 Å². The second-order valence-electron chi connectivity index (χ2n) is 6.91. The van der Waals surface area contributed by atoms with Gasteiger partial charge in [-0.2, -0.15) is 5.10 Å². The highest BCUT2D eigenvalue weighted by Crippen LogP contribution is 2.31. The third kappa shape index (κ3) is 3.53. The molecule has 3 heterocycles. The average Bonchev–Trinajstić information content (AvgIpc) is 3.05. The van der Waals surface area contributed by atoms with E-state index in [-0.39, 0.29) is 0 Å². The first-order chi connectivity index (χ1) is 13.7. The molecule has 0 radical (unpaired) electrons. The van der Waals surface area contributed by atoms with Crippen LogP contribution in [-0.2, 0) is 0 Å². The average molecular weight is 389 g/mol. The molecule has 1 aliphatic rings. The molecule has 6 nitrogen and oxygen atoms in total. The van der Waals surface area contributed by atoms with Gasteiger partial charge in [-0.1, -0.05) is 30.3 Å². The molecule has 0 amide bonds. The second-order valence-corrected chi connectivity index (χ2v) is 7.95. The van der Waals surface area contributed by atoms with E-state index in [1.165, 1.54) is 17.2 Å². The Labute approximate surface area is 167 Å². The molecule has 4 aromatic rings. The third-order valence-electron chi connectivity index (χ3n) is 4.76. The first-order valence-electron chi connectivity index (χ1n) is 9.33. The molecule has 28 heavy (non-hydrogen) atoms. The molecular formula is C21H20N6S. The summed E-state index contributed by atoms with van der Waals surface area (Å²) in [5, 5.41) is 13.7. The molecular weight excluding hydrogens is 368 g/mol. The lowest BCUT2D eigenvalue weighted by molar-refractivity contribution is 0.605. The molecule has 0 spiro atoms. The van der Waals surface area contributed by atoms with E-state index >= 15 is 0 Å². The van der Waals surface area contributed by atoms with Crippen molar-refractivity contribution in [2.75, 3.05) is 23.3 Å². The molecule has 0 aliphatic carbocycles. The Hall–Kier alpha value is -3.06. The predicted molar refractivity (Wildman–Crippen MR) is 114 cm³/mol. The molecule has 7 heteroatoms. The summed E-state index contributed by atoms with van der Waals surface area (Å²) in [7, 11) is 0. The molecule has 0 bridgehead atoms. The highest BCUT2D eigenvalue weighted by molar-refractivity contribution is 7.99. The number of nitrogens with one attached hydrogen (secondary N) is 2. The van der Waals surface area contributed by atoms with Gasteiger partial charge >= 0.3 is 0 Å². The lowest BCUT2D eigenvalue weighted by atomic mass is 10.1. The van der Waals surface area contributed by atoms with Crippen molar-refractivity contribution in [2.24, 2.45) is 0 Å². The number of nitrogens with zero attached hydrogens (tertiary/aromatic N) is 4. The number of aromatic nitrogens is 4. The zero-order chi connectivity index (χ0) is 18.9. The fourth-order valence-electron chi connectivity index (χ4n) is 3.18. The smallest absolute Gasteiger partial charge is 0.196 e. The number of hydrogen-bond donors (Lipinski definition) is 2. The fraction of sp³-hybridized carbons (Fsp3) is 0.190. The van der Waals surface area contributed by atoms with E-state index in [2.05, 4.69) is 62.9 Å². The fourth-order valence-corrected chi connectivity index (χ4v) is 4.00. The summed E-state index contributed by atoms with van der Waals surface area (Å²) in [6, 6.07) is 18.8. The molecule has 0 unspecified atom stereocenters. The Kier molecular flexibility index (Phi) is 4.37. The summed E-state index contributed by atoms with van der Waals surface area (Å²) in [6.07, 6.45) is 1.21. The number of hydrogen-bond acceptors (Lipinski definition) is 6. The zero-order valence-corrected chi connectivity index (χ0v) is 16.3. The molecule has 0 saturated carbocycles. The van der Waals surface area contributed by atoms with E-state index in [0.717, 1.165) is 46.3 Å². The van der Waals surface area contributed by atoms with Gasteiger partial charge in [0.05, 0.1) is 0 Å². The van der Waals surface area contributed by atoms with Crippen LogP contribution >= 0.6 is 11.8 Å². The number of aryl methyl sites for hydroxylation is 1. The summed E-state index contributed by atoms with van der Waals surface area (Å²) >= 11 is 1.58. The standard InChI is InChI=1S/C21H20N6S/c1-14-11-19(26-25-14)22-18-13-20(27-9-4-10-27)24-21(23-18)28-17-8-7-15-5-2-3-6-16(15)12-17/h2-3,5-8,11-13H,4,9-10H2,1H3,(H2,22,23,24,25,26). The predicted octanol–water partition coefficient (Wildman–Crippen LogP) is 4.77. The minimum Gasteiger partial charge on any atom is -0.356 e. The van der Waals surface area contributed by atoms with Crippen LogP contribution < -0.4 is 10.2 Å². The van der Waals surface area contributed by atoms with Crippen LogP contribution in [0.4, 0.5) is 17.5 Å². The Bertz CT molecular complexity index is 1130. The number of rotatable bonds is 5. The number of aromatic amines is 1. The summed E-state index contributed by atoms with van der Waals surface area (Å²) in [5.41, 5.74) is 1.00. The van der Waals surface area contributed by atoms with Crippen LogP contribution in [0, 0.1) is 6.92 Å². The highest BCUT2D eigenvalue weighted by atomic mass is 32.2. The zero-order valence-electron chi connectivity index (χ0n) is 15.5. The van der Waals surface area contributed by atoms with Crippen molar-refractivity contribution in [1.29, 1.82) is 0 Å². The first-order valence-corrected chi connectivity index (χ1v) is 10.1. The monoisotopic (exact) mass is 388 g/mol. The van der Waals surface area contributed by atoms with Gasteiger partial charge in [-0.3, -0.25) is 5.10 Å². The number of anilines is 3.